The summed E-state index contributed by atoms with van der Waals surface area (Å²) in [6.45, 7) is 1.14. The summed E-state index contributed by atoms with van der Waals surface area (Å²) in [6.07, 6.45) is 0.251. The molecule has 0 fully saturated rings. The van der Waals surface area contributed by atoms with Crippen LogP contribution in [-0.4, -0.2) is 32.7 Å². The summed E-state index contributed by atoms with van der Waals surface area (Å²) >= 11 is 0. The molecule has 0 saturated carbocycles. The highest BCUT2D eigenvalue weighted by molar-refractivity contribution is 5.80. The minimum absolute atomic E-state index is 0.115. The van der Waals surface area contributed by atoms with Crippen molar-refractivity contribution in [2.24, 2.45) is 0 Å². The summed E-state index contributed by atoms with van der Waals surface area (Å²) in [7, 11) is 1.58. The Kier molecular flexibility index (Phi) is 6.19. The molecule has 102 valence electrons. The van der Waals surface area contributed by atoms with Crippen LogP contribution in [0.4, 0.5) is 11.4 Å². The molecule has 0 heterocycles. The third-order valence-electron chi connectivity index (χ3n) is 2.49. The zero-order valence-electron chi connectivity index (χ0n) is 10.9. The van der Waals surface area contributed by atoms with Gasteiger partial charge in [0.05, 0.1) is 25.6 Å². The number of carbonyl (C=O) groups excluding carboxylic acids is 1. The number of nitrogen functional groups attached to an aromatic ring is 1. The molecule has 0 atom stereocenters. The second-order valence-corrected chi connectivity index (χ2v) is 3.94. The van der Waals surface area contributed by atoms with Crippen LogP contribution in [0.15, 0.2) is 18.2 Å². The highest BCUT2D eigenvalue weighted by atomic mass is 16.5. The highest BCUT2D eigenvalue weighted by Gasteiger charge is 2.03. The fraction of sp³-hybridized carbons (Fsp3) is 0.385. The summed E-state index contributed by atoms with van der Waals surface area (Å²) in [5.74, 6) is -0.115. The molecule has 1 rings (SSSR count). The summed E-state index contributed by atoms with van der Waals surface area (Å²) in [5, 5.41) is 14.4. The average Bonchev–Trinajstić information content (AvgIpc) is 2.40. The van der Waals surface area contributed by atoms with Gasteiger partial charge in [-0.2, -0.15) is 5.26 Å². The van der Waals surface area contributed by atoms with Crippen LogP contribution in [0.5, 0.6) is 0 Å². The van der Waals surface area contributed by atoms with Gasteiger partial charge in [-0.1, -0.05) is 0 Å². The normalized spacial score (nSPS) is 9.68. The van der Waals surface area contributed by atoms with Crippen LogP contribution in [-0.2, 0) is 16.0 Å². The topological polar surface area (TPSA) is 100 Å². The quantitative estimate of drug-likeness (QED) is 0.491. The third kappa shape index (κ3) is 5.27. The maximum atomic E-state index is 11.5. The summed E-state index contributed by atoms with van der Waals surface area (Å²) in [4.78, 5) is 11.5. The van der Waals surface area contributed by atoms with Crippen molar-refractivity contribution in [2.45, 2.75) is 6.42 Å². The Morgan fingerprint density at radius 2 is 2.32 bits per heavy atom. The molecule has 0 aliphatic carbocycles. The number of nitrogens with one attached hydrogen (secondary N) is 2. The Bertz CT molecular complexity index is 468. The SMILES string of the molecule is COCCNC(=O)CNc1ccc(N)c(CC#N)c1. The second kappa shape index (κ2) is 7.95. The van der Waals surface area contributed by atoms with Gasteiger partial charge < -0.3 is 21.1 Å². The number of nitrogens with two attached hydrogens (primary N) is 1. The van der Waals surface area contributed by atoms with E-state index in [1.54, 1.807) is 25.3 Å². The molecular formula is C13H18N4O2. The second-order valence-electron chi connectivity index (χ2n) is 3.94. The highest BCUT2D eigenvalue weighted by Crippen LogP contribution is 2.17. The van der Waals surface area contributed by atoms with E-state index in [4.69, 9.17) is 15.7 Å². The van der Waals surface area contributed by atoms with Crippen molar-refractivity contribution in [2.75, 3.05) is 37.9 Å². The minimum atomic E-state index is -0.115. The van der Waals surface area contributed by atoms with Crippen molar-refractivity contribution < 1.29 is 9.53 Å². The number of anilines is 2. The average molecular weight is 262 g/mol. The number of nitriles is 1. The first-order valence-electron chi connectivity index (χ1n) is 5.92. The third-order valence-corrected chi connectivity index (χ3v) is 2.49. The zero-order valence-corrected chi connectivity index (χ0v) is 10.9. The maximum absolute atomic E-state index is 11.5. The number of rotatable bonds is 7. The number of hydrogen-bond donors (Lipinski definition) is 3. The molecule has 0 radical (unpaired) electrons. The van der Waals surface area contributed by atoms with E-state index in [2.05, 4.69) is 16.7 Å². The van der Waals surface area contributed by atoms with Crippen LogP contribution in [0.2, 0.25) is 0 Å². The van der Waals surface area contributed by atoms with Crippen molar-refractivity contribution in [3.8, 4) is 6.07 Å². The van der Waals surface area contributed by atoms with E-state index in [1.807, 2.05) is 0 Å². The van der Waals surface area contributed by atoms with Gasteiger partial charge in [0.2, 0.25) is 5.91 Å². The minimum Gasteiger partial charge on any atom is -0.398 e. The van der Waals surface area contributed by atoms with E-state index >= 15 is 0 Å². The first-order valence-corrected chi connectivity index (χ1v) is 5.92. The molecule has 1 amide bonds. The fourth-order valence-corrected chi connectivity index (χ4v) is 1.49. The maximum Gasteiger partial charge on any atom is 0.239 e. The molecule has 19 heavy (non-hydrogen) atoms. The molecule has 4 N–H and O–H groups in total. The van der Waals surface area contributed by atoms with Crippen molar-refractivity contribution >= 4 is 17.3 Å². The van der Waals surface area contributed by atoms with Crippen LogP contribution in [0.3, 0.4) is 0 Å². The molecule has 0 aromatic heterocycles. The van der Waals surface area contributed by atoms with Gasteiger partial charge in [0.25, 0.3) is 0 Å². The van der Waals surface area contributed by atoms with Gasteiger partial charge in [0.1, 0.15) is 0 Å². The molecule has 1 aromatic carbocycles. The van der Waals surface area contributed by atoms with E-state index in [0.717, 1.165) is 11.3 Å². The van der Waals surface area contributed by atoms with Gasteiger partial charge in [-0.15, -0.1) is 0 Å². The Balaban J connectivity index is 2.47. The van der Waals surface area contributed by atoms with E-state index in [0.29, 0.717) is 18.8 Å². The van der Waals surface area contributed by atoms with Gasteiger partial charge in [-0.05, 0) is 23.8 Å². The predicted molar refractivity (Wildman–Crippen MR) is 73.5 cm³/mol. The molecular weight excluding hydrogens is 244 g/mol. The van der Waals surface area contributed by atoms with E-state index < -0.39 is 0 Å². The smallest absolute Gasteiger partial charge is 0.239 e. The lowest BCUT2D eigenvalue weighted by Crippen LogP contribution is -2.32. The van der Waals surface area contributed by atoms with E-state index in [1.165, 1.54) is 0 Å². The summed E-state index contributed by atoms with van der Waals surface area (Å²) in [6, 6.07) is 7.33. The number of ether oxygens (including phenoxy) is 1. The number of nitrogens with zero attached hydrogens (tertiary/aromatic N) is 1. The van der Waals surface area contributed by atoms with Crippen molar-refractivity contribution in [1.29, 1.82) is 5.26 Å². The molecule has 1 aromatic rings. The molecule has 0 spiro atoms. The Labute approximate surface area is 112 Å². The molecule has 6 heteroatoms. The summed E-state index contributed by atoms with van der Waals surface area (Å²) in [5.41, 5.74) is 7.84. The first kappa shape index (κ1) is 14.8. The van der Waals surface area contributed by atoms with Gasteiger partial charge in [-0.3, -0.25) is 4.79 Å². The fourth-order valence-electron chi connectivity index (χ4n) is 1.49. The molecule has 6 nitrogen and oxygen atoms in total. The number of benzene rings is 1. The lowest BCUT2D eigenvalue weighted by atomic mass is 10.1. The standard InChI is InChI=1S/C13H18N4O2/c1-19-7-6-16-13(18)9-17-11-2-3-12(15)10(8-11)4-5-14/h2-3,8,17H,4,6-7,9,15H2,1H3,(H,16,18). The van der Waals surface area contributed by atoms with Gasteiger partial charge in [0.15, 0.2) is 0 Å². The van der Waals surface area contributed by atoms with Crippen LogP contribution in [0, 0.1) is 11.3 Å². The van der Waals surface area contributed by atoms with Crippen LogP contribution in [0.1, 0.15) is 5.56 Å². The largest absolute Gasteiger partial charge is 0.398 e. The lowest BCUT2D eigenvalue weighted by molar-refractivity contribution is -0.119. The summed E-state index contributed by atoms with van der Waals surface area (Å²) < 4.78 is 4.83. The Morgan fingerprint density at radius 1 is 1.53 bits per heavy atom. The van der Waals surface area contributed by atoms with Crippen LogP contribution in [0.25, 0.3) is 0 Å². The van der Waals surface area contributed by atoms with Gasteiger partial charge in [0, 0.05) is 25.0 Å². The number of methoxy groups -OCH3 is 1. The van der Waals surface area contributed by atoms with Crippen LogP contribution < -0.4 is 16.4 Å². The van der Waals surface area contributed by atoms with Gasteiger partial charge in [-0.25, -0.2) is 0 Å². The molecule has 0 aliphatic rings. The van der Waals surface area contributed by atoms with Crippen molar-refractivity contribution in [1.82, 2.24) is 5.32 Å². The predicted octanol–water partition coefficient (Wildman–Crippen LogP) is 0.509. The zero-order chi connectivity index (χ0) is 14.1. The molecule has 0 saturated heterocycles. The van der Waals surface area contributed by atoms with Gasteiger partial charge >= 0.3 is 0 Å². The first-order chi connectivity index (χ1) is 9.17. The molecule has 0 bridgehead atoms. The monoisotopic (exact) mass is 262 g/mol. The van der Waals surface area contributed by atoms with Crippen molar-refractivity contribution in [3.63, 3.8) is 0 Å². The molecule has 0 aliphatic heterocycles. The van der Waals surface area contributed by atoms with Crippen LogP contribution >= 0.6 is 0 Å². The number of hydrogen-bond acceptors (Lipinski definition) is 5. The number of carbonyl (C=O) groups is 1. The Hall–Kier alpha value is -2.26. The Morgan fingerprint density at radius 3 is 3.00 bits per heavy atom. The van der Waals surface area contributed by atoms with E-state index in [9.17, 15) is 4.79 Å². The lowest BCUT2D eigenvalue weighted by Gasteiger charge is -2.09. The number of amides is 1. The van der Waals surface area contributed by atoms with Crippen molar-refractivity contribution in [3.05, 3.63) is 23.8 Å². The molecule has 0 unspecified atom stereocenters. The van der Waals surface area contributed by atoms with E-state index in [-0.39, 0.29) is 18.9 Å².